The molecule has 0 fully saturated rings. The number of hydrogen-bond acceptors (Lipinski definition) is 12. The molecule has 0 atom stereocenters. The van der Waals surface area contributed by atoms with Gasteiger partial charge in [-0.2, -0.15) is 0 Å². The van der Waals surface area contributed by atoms with Crippen molar-refractivity contribution in [1.29, 1.82) is 0 Å². The summed E-state index contributed by atoms with van der Waals surface area (Å²) in [6, 6.07) is 0. The molecule has 0 amide bonds. The fourth-order valence-corrected chi connectivity index (χ4v) is 1.77. The zero-order valence-electron chi connectivity index (χ0n) is 30.8. The predicted octanol–water partition coefficient (Wildman–Crippen LogP) is 5.15. The Kier molecular flexibility index (Phi) is 19.2. The van der Waals surface area contributed by atoms with Crippen LogP contribution >= 0.6 is 0 Å². The first-order chi connectivity index (χ1) is 19.4. The molecule has 0 unspecified atom stereocenters. The number of Topliss-reactive ketones (excluding diaryl/α,β-unsaturated/α-hetero) is 3. The van der Waals surface area contributed by atoms with Crippen LogP contribution in [0.3, 0.4) is 0 Å². The summed E-state index contributed by atoms with van der Waals surface area (Å²) in [7, 11) is 0. The molecule has 1 radical (unpaired) electrons. The Labute approximate surface area is 284 Å². The van der Waals surface area contributed by atoms with E-state index in [-0.39, 0.29) is 17.1 Å². The van der Waals surface area contributed by atoms with Crippen molar-refractivity contribution in [2.75, 3.05) is 0 Å². The van der Waals surface area contributed by atoms with Crippen molar-refractivity contribution < 1.29 is 74.4 Å². The molecule has 46 heavy (non-hydrogen) atoms. The molecule has 0 aliphatic carbocycles. The third kappa shape index (κ3) is 20.2. The molecule has 265 valence electrons. The molecule has 0 N–H and O–H groups in total. The van der Waals surface area contributed by atoms with Crippen molar-refractivity contribution in [3.63, 3.8) is 0 Å². The molecule has 12 nitrogen and oxygen atoms in total. The minimum atomic E-state index is -1.08. The van der Waals surface area contributed by atoms with Crippen LogP contribution in [0.2, 0.25) is 0 Å². The molecule has 0 aliphatic heterocycles. The van der Waals surface area contributed by atoms with E-state index in [2.05, 4.69) is 14.2 Å². The molecule has 0 aliphatic rings. The third-order valence-corrected chi connectivity index (χ3v) is 4.99. The monoisotopic (exact) mass is 697 g/mol. The number of hydrogen-bond donors (Lipinski definition) is 0. The Morgan fingerprint density at radius 3 is 0.500 bits per heavy atom. The largest absolute Gasteiger partial charge is 0.387 e. The molecule has 0 bridgehead atoms. The van der Waals surface area contributed by atoms with Crippen LogP contribution in [0, 0.1) is 32.5 Å². The molecule has 0 aromatic carbocycles. The summed E-state index contributed by atoms with van der Waals surface area (Å²) < 4.78 is 13.4. The number of ketones is 3. The van der Waals surface area contributed by atoms with Crippen LogP contribution in [-0.2, 0) is 74.4 Å². The van der Waals surface area contributed by atoms with Gasteiger partial charge < -0.3 is 14.2 Å². The second-order valence-electron chi connectivity index (χ2n) is 16.5. The summed E-state index contributed by atoms with van der Waals surface area (Å²) in [5, 5.41) is 0. The standard InChI is InChI=1S/3C11H18O4.Mn/c3*1-10(2,3)7(12)8(13)15-9(14)11(4,5)6;/h3*1-6H3;. The van der Waals surface area contributed by atoms with Gasteiger partial charge in [0.1, 0.15) is 0 Å². The van der Waals surface area contributed by atoms with Crippen LogP contribution in [0.5, 0.6) is 0 Å². The fourth-order valence-electron chi connectivity index (χ4n) is 1.77. The smallest absolute Gasteiger partial charge is 0.382 e. The van der Waals surface area contributed by atoms with Gasteiger partial charge in [-0.15, -0.1) is 0 Å². The van der Waals surface area contributed by atoms with E-state index in [1.807, 2.05) is 0 Å². The second-order valence-corrected chi connectivity index (χ2v) is 16.5. The molecule has 0 saturated carbocycles. The normalized spacial score (nSPS) is 11.9. The zero-order chi connectivity index (χ0) is 37.3. The van der Waals surface area contributed by atoms with Gasteiger partial charge in [0.25, 0.3) is 0 Å². The number of carbonyl (C=O) groups excluding carboxylic acids is 9. The van der Waals surface area contributed by atoms with E-state index >= 15 is 0 Å². The summed E-state index contributed by atoms with van der Waals surface area (Å²) in [5.74, 6) is -7.40. The maximum Gasteiger partial charge on any atom is 0.382 e. The molecule has 0 rings (SSSR count). The minimum Gasteiger partial charge on any atom is -0.387 e. The Morgan fingerprint density at radius 2 is 0.413 bits per heavy atom. The maximum absolute atomic E-state index is 11.4. The first-order valence-electron chi connectivity index (χ1n) is 14.3. The number of carbonyl (C=O) groups is 9. The fraction of sp³-hybridized carbons (Fsp3) is 0.727. The van der Waals surface area contributed by atoms with E-state index in [0.717, 1.165) is 0 Å². The van der Waals surface area contributed by atoms with Crippen molar-refractivity contribution in [2.45, 2.75) is 125 Å². The SMILES string of the molecule is CC(C)(C)C(=O)OC(=O)C(=O)C(C)(C)C.CC(C)(C)C(=O)OC(=O)C(=O)C(C)(C)C.CC(C)(C)C(=O)OC(=O)C(=O)C(C)(C)C.[Mn]. The third-order valence-electron chi connectivity index (χ3n) is 4.99. The molecule has 0 saturated heterocycles. The van der Waals surface area contributed by atoms with Gasteiger partial charge in [0.15, 0.2) is 0 Å². The van der Waals surface area contributed by atoms with E-state index in [4.69, 9.17) is 0 Å². The van der Waals surface area contributed by atoms with Gasteiger partial charge in [-0.3, -0.25) is 28.8 Å². The first kappa shape index (κ1) is 49.8. The second kappa shape index (κ2) is 17.8. The van der Waals surface area contributed by atoms with Crippen molar-refractivity contribution in [1.82, 2.24) is 0 Å². The van der Waals surface area contributed by atoms with Gasteiger partial charge in [-0.05, 0) is 62.3 Å². The maximum atomic E-state index is 11.4. The Morgan fingerprint density at radius 1 is 0.283 bits per heavy atom. The van der Waals surface area contributed by atoms with Crippen LogP contribution in [0.4, 0.5) is 0 Å². The summed E-state index contributed by atoms with van der Waals surface area (Å²) in [6.45, 7) is 28.9. The Balaban J connectivity index is -0.000000285. The predicted molar refractivity (Wildman–Crippen MR) is 165 cm³/mol. The molecule has 0 aromatic rings. The van der Waals surface area contributed by atoms with Crippen LogP contribution in [0.1, 0.15) is 125 Å². The van der Waals surface area contributed by atoms with Crippen LogP contribution < -0.4 is 0 Å². The molecular weight excluding hydrogens is 643 g/mol. The van der Waals surface area contributed by atoms with E-state index in [0.29, 0.717) is 0 Å². The van der Waals surface area contributed by atoms with Crippen molar-refractivity contribution >= 4 is 53.2 Å². The molecule has 0 spiro atoms. The molecule has 0 aromatic heterocycles. The van der Waals surface area contributed by atoms with Crippen LogP contribution in [0.25, 0.3) is 0 Å². The summed E-state index contributed by atoms with van der Waals surface area (Å²) in [5.41, 5.74) is -4.82. The van der Waals surface area contributed by atoms with Gasteiger partial charge in [0.05, 0.1) is 16.2 Å². The Hall–Kier alpha value is -3.05. The van der Waals surface area contributed by atoms with Gasteiger partial charge in [0, 0.05) is 33.3 Å². The average molecular weight is 698 g/mol. The minimum absolute atomic E-state index is 0. The van der Waals surface area contributed by atoms with Gasteiger partial charge in [0.2, 0.25) is 17.3 Å². The van der Waals surface area contributed by atoms with Gasteiger partial charge in [-0.25, -0.2) is 14.4 Å². The number of esters is 6. The van der Waals surface area contributed by atoms with Crippen LogP contribution in [0.15, 0.2) is 0 Å². The summed E-state index contributed by atoms with van der Waals surface area (Å²) in [6.07, 6.45) is 0. The zero-order valence-corrected chi connectivity index (χ0v) is 32.0. The Bertz CT molecular complexity index is 1020. The van der Waals surface area contributed by atoms with Crippen LogP contribution in [-0.4, -0.2) is 53.2 Å². The van der Waals surface area contributed by atoms with Crippen molar-refractivity contribution in [3.05, 3.63) is 0 Å². The molecular formula is C33H54MnO12. The molecule has 0 heterocycles. The van der Waals surface area contributed by atoms with Crippen molar-refractivity contribution in [3.8, 4) is 0 Å². The van der Waals surface area contributed by atoms with Gasteiger partial charge >= 0.3 is 35.8 Å². The first-order valence-corrected chi connectivity index (χ1v) is 14.3. The van der Waals surface area contributed by atoms with Gasteiger partial charge in [-0.1, -0.05) is 62.3 Å². The number of ether oxygens (including phenoxy) is 3. The average Bonchev–Trinajstić information content (AvgIpc) is 2.79. The van der Waals surface area contributed by atoms with E-state index in [1.54, 1.807) is 125 Å². The van der Waals surface area contributed by atoms with E-state index < -0.39 is 85.7 Å². The van der Waals surface area contributed by atoms with Crippen molar-refractivity contribution in [2.24, 2.45) is 32.5 Å². The topological polar surface area (TPSA) is 181 Å². The van der Waals surface area contributed by atoms with E-state index in [1.165, 1.54) is 0 Å². The summed E-state index contributed by atoms with van der Waals surface area (Å²) >= 11 is 0. The molecule has 13 heteroatoms. The quantitative estimate of drug-likeness (QED) is 0.125. The number of rotatable bonds is 3. The van der Waals surface area contributed by atoms with E-state index in [9.17, 15) is 43.2 Å². The summed E-state index contributed by atoms with van der Waals surface area (Å²) in [4.78, 5) is 102.